The van der Waals surface area contributed by atoms with Crippen molar-refractivity contribution in [3.8, 4) is 0 Å². The van der Waals surface area contributed by atoms with Crippen molar-refractivity contribution in [3.63, 3.8) is 0 Å². The molecule has 1 fully saturated rings. The van der Waals surface area contributed by atoms with Gasteiger partial charge in [0.1, 0.15) is 6.04 Å². The van der Waals surface area contributed by atoms with Gasteiger partial charge in [-0.15, -0.1) is 0 Å². The van der Waals surface area contributed by atoms with Gasteiger partial charge >= 0.3 is 30.3 Å². The van der Waals surface area contributed by atoms with Gasteiger partial charge in [0.15, 0.2) is 0 Å². The molecule has 0 bridgehead atoms. The number of anilines is 2. The molecule has 0 aliphatic carbocycles. The average molecular weight is 660 g/mol. The van der Waals surface area contributed by atoms with Crippen LogP contribution in [0.1, 0.15) is 6.92 Å². The van der Waals surface area contributed by atoms with Crippen molar-refractivity contribution in [2.45, 2.75) is 31.4 Å². The summed E-state index contributed by atoms with van der Waals surface area (Å²) < 4.78 is 68.8. The molecule has 12 nitrogen and oxygen atoms in total. The molecule has 1 aliphatic rings. The number of rotatable bonds is 6. The number of nitrogens with one attached hydrogen (secondary N) is 2. The third-order valence-electron chi connectivity index (χ3n) is 5.60. The van der Waals surface area contributed by atoms with E-state index < -0.39 is 42.5 Å². The van der Waals surface area contributed by atoms with E-state index in [-0.39, 0.29) is 5.91 Å². The number of benzene rings is 1. The van der Waals surface area contributed by atoms with Crippen molar-refractivity contribution in [2.24, 2.45) is 0 Å². The smallest absolute Gasteiger partial charge is 0.475 e. The zero-order valence-corrected chi connectivity index (χ0v) is 23.8. The third kappa shape index (κ3) is 13.3. The van der Waals surface area contributed by atoms with Crippen LogP contribution in [0.2, 0.25) is 5.02 Å². The molecule has 1 saturated heterocycles. The molecular weight excluding hydrogens is 632 g/mol. The summed E-state index contributed by atoms with van der Waals surface area (Å²) in [5.74, 6) is -5.68. The van der Waals surface area contributed by atoms with E-state index in [0.29, 0.717) is 36.9 Å². The van der Waals surface area contributed by atoms with Crippen molar-refractivity contribution >= 4 is 46.9 Å². The molecule has 244 valence electrons. The topological polar surface area (TPSA) is 161 Å². The molecular formula is C25H28ClF6N5O7. The molecule has 2 aromatic rings. The number of carboxylic acid groups (broad SMARTS) is 2. The fraction of sp³-hybridized carbons (Fsp3) is 0.400. The number of carbonyl (C=O) groups excluding carboxylic acids is 2. The maximum Gasteiger partial charge on any atom is 0.490 e. The number of amides is 3. The first-order valence-corrected chi connectivity index (χ1v) is 12.6. The van der Waals surface area contributed by atoms with Gasteiger partial charge in [-0.3, -0.25) is 9.78 Å². The standard InChI is InChI=1S/C21H26ClN5O3.2C2HF3O2/c1-15(30-2)19(25-21(29)24-17-5-3-16(22)4-6-17)20(28)27-13-11-26(12-14-27)18-7-9-23-10-8-18;2*3-2(4,5)1(6)7/h3-10,15,19H,11-14H2,1-2H3,(H2,24,25,29);2*(H,6,7)/t15-,19+;;/m1../s1. The monoisotopic (exact) mass is 659 g/mol. The molecule has 2 atom stereocenters. The number of alkyl halides is 6. The summed E-state index contributed by atoms with van der Waals surface area (Å²) >= 11 is 5.87. The van der Waals surface area contributed by atoms with Gasteiger partial charge < -0.3 is 35.4 Å². The maximum atomic E-state index is 13.1. The number of ether oxygens (including phenoxy) is 1. The van der Waals surface area contributed by atoms with E-state index in [1.165, 1.54) is 7.11 Å². The number of methoxy groups -OCH3 is 1. The van der Waals surface area contributed by atoms with Crippen LogP contribution in [0.3, 0.4) is 0 Å². The molecule has 3 amide bonds. The summed E-state index contributed by atoms with van der Waals surface area (Å²) in [4.78, 5) is 51.4. The highest BCUT2D eigenvalue weighted by Crippen LogP contribution is 2.17. The van der Waals surface area contributed by atoms with Crippen LogP contribution in [-0.2, 0) is 19.1 Å². The van der Waals surface area contributed by atoms with Crippen LogP contribution in [0, 0.1) is 0 Å². The Kier molecular flexibility index (Phi) is 14.6. The van der Waals surface area contributed by atoms with E-state index in [2.05, 4.69) is 20.5 Å². The fourth-order valence-corrected chi connectivity index (χ4v) is 3.42. The SMILES string of the molecule is CO[C@H](C)[C@H](NC(=O)Nc1ccc(Cl)cc1)C(=O)N1CCN(c2ccncc2)CC1.O=C(O)C(F)(F)F.O=C(O)C(F)(F)F. The number of nitrogens with zero attached hydrogens (tertiary/aromatic N) is 3. The largest absolute Gasteiger partial charge is 0.490 e. The Morgan fingerprint density at radius 2 is 1.34 bits per heavy atom. The third-order valence-corrected chi connectivity index (χ3v) is 5.85. The Morgan fingerprint density at radius 1 is 0.886 bits per heavy atom. The minimum absolute atomic E-state index is 0.162. The number of urea groups is 1. The van der Waals surface area contributed by atoms with Crippen molar-refractivity contribution in [2.75, 3.05) is 43.5 Å². The minimum Gasteiger partial charge on any atom is -0.475 e. The Balaban J connectivity index is 0.000000574. The average Bonchev–Trinajstić information content (AvgIpc) is 2.96. The summed E-state index contributed by atoms with van der Waals surface area (Å²) in [5, 5.41) is 20.3. The van der Waals surface area contributed by atoms with Crippen LogP contribution in [0.15, 0.2) is 48.8 Å². The highest BCUT2D eigenvalue weighted by atomic mass is 35.5. The number of aliphatic carboxylic acids is 2. The first-order valence-electron chi connectivity index (χ1n) is 12.3. The normalized spacial score (nSPS) is 14.5. The number of pyridine rings is 1. The van der Waals surface area contributed by atoms with Gasteiger partial charge in [-0.05, 0) is 43.3 Å². The number of piperazine rings is 1. The minimum atomic E-state index is -5.08. The lowest BCUT2D eigenvalue weighted by molar-refractivity contribution is -0.193. The Hall–Kier alpha value is -4.32. The molecule has 1 aliphatic heterocycles. The van der Waals surface area contributed by atoms with Crippen molar-refractivity contribution < 1.29 is 60.5 Å². The second-order valence-electron chi connectivity index (χ2n) is 8.65. The molecule has 1 aromatic carbocycles. The lowest BCUT2D eigenvalue weighted by Gasteiger charge is -2.38. The van der Waals surface area contributed by atoms with Gasteiger partial charge in [-0.1, -0.05) is 11.6 Å². The maximum absolute atomic E-state index is 13.1. The summed E-state index contributed by atoms with van der Waals surface area (Å²) in [5.41, 5.74) is 1.67. The van der Waals surface area contributed by atoms with Crippen LogP contribution in [-0.4, -0.2) is 102 Å². The van der Waals surface area contributed by atoms with E-state index in [0.717, 1.165) is 5.69 Å². The van der Waals surface area contributed by atoms with E-state index in [9.17, 15) is 35.9 Å². The first kappa shape index (κ1) is 37.7. The number of hydrogen-bond donors (Lipinski definition) is 4. The van der Waals surface area contributed by atoms with E-state index >= 15 is 0 Å². The molecule has 0 saturated carbocycles. The van der Waals surface area contributed by atoms with Gasteiger partial charge in [0.25, 0.3) is 0 Å². The summed E-state index contributed by atoms with van der Waals surface area (Å²) in [7, 11) is 1.52. The number of hydrogen-bond acceptors (Lipinski definition) is 7. The molecule has 0 unspecified atom stereocenters. The molecule has 1 aromatic heterocycles. The predicted octanol–water partition coefficient (Wildman–Crippen LogP) is 3.88. The number of carboxylic acids is 2. The van der Waals surface area contributed by atoms with Crippen molar-refractivity contribution in [3.05, 3.63) is 53.8 Å². The second-order valence-corrected chi connectivity index (χ2v) is 9.08. The Labute approximate surface area is 251 Å². The van der Waals surface area contributed by atoms with Crippen LogP contribution >= 0.6 is 11.6 Å². The quantitative estimate of drug-likeness (QED) is 0.338. The summed E-state index contributed by atoms with van der Waals surface area (Å²) in [6.45, 7) is 4.31. The zero-order valence-electron chi connectivity index (χ0n) is 23.0. The fourth-order valence-electron chi connectivity index (χ4n) is 3.29. The van der Waals surface area contributed by atoms with Gasteiger partial charge in [-0.2, -0.15) is 26.3 Å². The van der Waals surface area contributed by atoms with Crippen molar-refractivity contribution in [1.82, 2.24) is 15.2 Å². The van der Waals surface area contributed by atoms with Gasteiger partial charge in [0.05, 0.1) is 6.10 Å². The van der Waals surface area contributed by atoms with E-state index in [4.69, 9.17) is 36.1 Å². The summed E-state index contributed by atoms with van der Waals surface area (Å²) in [6.07, 6.45) is -7.13. The lowest BCUT2D eigenvalue weighted by Crippen LogP contribution is -2.58. The molecule has 2 heterocycles. The van der Waals surface area contributed by atoms with Gasteiger partial charge in [0, 0.05) is 62.1 Å². The number of halogens is 7. The zero-order chi connectivity index (χ0) is 33.7. The van der Waals surface area contributed by atoms with Crippen LogP contribution in [0.5, 0.6) is 0 Å². The van der Waals surface area contributed by atoms with Crippen molar-refractivity contribution in [1.29, 1.82) is 0 Å². The van der Waals surface area contributed by atoms with E-state index in [1.54, 1.807) is 48.5 Å². The molecule has 3 rings (SSSR count). The van der Waals surface area contributed by atoms with Crippen LogP contribution < -0.4 is 15.5 Å². The first-order chi connectivity index (χ1) is 20.4. The number of carbonyl (C=O) groups is 4. The Bertz CT molecular complexity index is 1200. The van der Waals surface area contributed by atoms with Gasteiger partial charge in [0.2, 0.25) is 5.91 Å². The highest BCUT2D eigenvalue weighted by molar-refractivity contribution is 6.30. The highest BCUT2D eigenvalue weighted by Gasteiger charge is 2.39. The summed E-state index contributed by atoms with van der Waals surface area (Å²) in [6, 6.07) is 9.38. The molecule has 4 N–H and O–H groups in total. The van der Waals surface area contributed by atoms with Crippen LogP contribution in [0.25, 0.3) is 0 Å². The number of aromatic nitrogens is 1. The lowest BCUT2D eigenvalue weighted by atomic mass is 10.1. The van der Waals surface area contributed by atoms with Gasteiger partial charge in [-0.25, -0.2) is 14.4 Å². The second kappa shape index (κ2) is 17.1. The molecule has 44 heavy (non-hydrogen) atoms. The van der Waals surface area contributed by atoms with Crippen LogP contribution in [0.4, 0.5) is 42.5 Å². The molecule has 19 heteroatoms. The van der Waals surface area contributed by atoms with E-state index in [1.807, 2.05) is 12.1 Å². The Morgan fingerprint density at radius 3 is 1.75 bits per heavy atom. The predicted molar refractivity (Wildman–Crippen MR) is 144 cm³/mol. The molecule has 0 spiro atoms. The molecule has 0 radical (unpaired) electrons.